The van der Waals surface area contributed by atoms with Gasteiger partial charge in [-0.05, 0) is 40.0 Å². The van der Waals surface area contributed by atoms with Gasteiger partial charge in [-0.1, -0.05) is 0 Å². The molecule has 0 aromatic carbocycles. The van der Waals surface area contributed by atoms with Crippen molar-refractivity contribution in [3.8, 4) is 0 Å². The quantitative estimate of drug-likeness (QED) is 0.834. The van der Waals surface area contributed by atoms with E-state index in [9.17, 15) is 9.59 Å². The van der Waals surface area contributed by atoms with E-state index in [1.807, 2.05) is 20.8 Å². The van der Waals surface area contributed by atoms with Gasteiger partial charge in [-0.15, -0.1) is 0 Å². The van der Waals surface area contributed by atoms with Gasteiger partial charge in [0.25, 0.3) is 0 Å². The molecule has 2 fully saturated rings. The molecule has 1 spiro atoms. The molecule has 2 aliphatic rings. The van der Waals surface area contributed by atoms with Gasteiger partial charge >= 0.3 is 12.1 Å². The van der Waals surface area contributed by atoms with E-state index in [1.165, 1.54) is 0 Å². The number of rotatable bonds is 2. The number of hydrogen-bond donors (Lipinski definition) is 1. The molecule has 2 atom stereocenters. The van der Waals surface area contributed by atoms with Crippen molar-refractivity contribution in [2.24, 2.45) is 0 Å². The zero-order valence-corrected chi connectivity index (χ0v) is 14.2. The largest absolute Gasteiger partial charge is 0.481 e. The first-order valence-corrected chi connectivity index (χ1v) is 8.14. The molecule has 0 saturated carbocycles. The van der Waals surface area contributed by atoms with Gasteiger partial charge in [0.05, 0.1) is 31.3 Å². The second-order valence-corrected chi connectivity index (χ2v) is 7.36. The Labute approximate surface area is 136 Å². The van der Waals surface area contributed by atoms with Gasteiger partial charge < -0.3 is 24.2 Å². The standard InChI is InChI=1S/C16H27NO6/c1-15(2,3)23-14(20)17-7-4-5-16(6-8-17)11-21-10-12(22-16)9-13(18)19/h12H,4-11H2,1-3H3,(H,18,19). The normalized spacial score (nSPS) is 29.2. The third-order valence-corrected chi connectivity index (χ3v) is 4.04. The number of carbonyl (C=O) groups is 2. The number of likely N-dealkylation sites (tertiary alicyclic amines) is 1. The summed E-state index contributed by atoms with van der Waals surface area (Å²) in [6.45, 7) is 7.44. The number of hydrogen-bond acceptors (Lipinski definition) is 5. The fourth-order valence-electron chi connectivity index (χ4n) is 3.03. The second kappa shape index (κ2) is 7.05. The van der Waals surface area contributed by atoms with Crippen molar-refractivity contribution in [3.05, 3.63) is 0 Å². The van der Waals surface area contributed by atoms with Crippen LogP contribution in [0.1, 0.15) is 46.5 Å². The Morgan fingerprint density at radius 3 is 2.70 bits per heavy atom. The molecule has 2 heterocycles. The summed E-state index contributed by atoms with van der Waals surface area (Å²) in [4.78, 5) is 24.8. The molecule has 0 aliphatic carbocycles. The highest BCUT2D eigenvalue weighted by molar-refractivity contribution is 5.68. The molecule has 0 bridgehead atoms. The molecule has 0 radical (unpaired) electrons. The van der Waals surface area contributed by atoms with Gasteiger partial charge in [0.2, 0.25) is 0 Å². The summed E-state index contributed by atoms with van der Waals surface area (Å²) in [6, 6.07) is 0. The van der Waals surface area contributed by atoms with Crippen LogP contribution in [0.4, 0.5) is 4.79 Å². The smallest absolute Gasteiger partial charge is 0.410 e. The van der Waals surface area contributed by atoms with Crippen LogP contribution in [0.2, 0.25) is 0 Å². The van der Waals surface area contributed by atoms with Crippen LogP contribution in [0.5, 0.6) is 0 Å². The maximum absolute atomic E-state index is 12.2. The summed E-state index contributed by atoms with van der Waals surface area (Å²) in [5.74, 6) is -0.889. The Bertz CT molecular complexity index is 446. The summed E-state index contributed by atoms with van der Waals surface area (Å²) in [7, 11) is 0. The Kier molecular flexibility index (Phi) is 5.52. The molecule has 1 amide bonds. The van der Waals surface area contributed by atoms with Crippen molar-refractivity contribution in [3.63, 3.8) is 0 Å². The molecule has 2 unspecified atom stereocenters. The third-order valence-electron chi connectivity index (χ3n) is 4.04. The van der Waals surface area contributed by atoms with Crippen molar-refractivity contribution in [1.82, 2.24) is 4.90 Å². The van der Waals surface area contributed by atoms with Crippen molar-refractivity contribution in [2.75, 3.05) is 26.3 Å². The van der Waals surface area contributed by atoms with E-state index in [2.05, 4.69) is 0 Å². The van der Waals surface area contributed by atoms with Crippen LogP contribution < -0.4 is 0 Å². The van der Waals surface area contributed by atoms with Gasteiger partial charge in [0.1, 0.15) is 5.60 Å². The first kappa shape index (κ1) is 18.0. The summed E-state index contributed by atoms with van der Waals surface area (Å²) in [6.07, 6.45) is 1.37. The number of ether oxygens (including phenoxy) is 3. The van der Waals surface area contributed by atoms with E-state index in [0.29, 0.717) is 32.7 Å². The molecule has 0 aromatic rings. The summed E-state index contributed by atoms with van der Waals surface area (Å²) >= 11 is 0. The highest BCUT2D eigenvalue weighted by Gasteiger charge is 2.41. The van der Waals surface area contributed by atoms with Gasteiger partial charge in [0, 0.05) is 13.1 Å². The molecular weight excluding hydrogens is 302 g/mol. The number of aliphatic carboxylic acids is 1. The molecule has 1 N–H and O–H groups in total. The van der Waals surface area contributed by atoms with Crippen LogP contribution in [0, 0.1) is 0 Å². The lowest BCUT2D eigenvalue weighted by Crippen LogP contribution is -2.49. The molecule has 2 aliphatic heterocycles. The van der Waals surface area contributed by atoms with E-state index in [4.69, 9.17) is 19.3 Å². The molecule has 132 valence electrons. The number of nitrogens with zero attached hydrogens (tertiary/aromatic N) is 1. The van der Waals surface area contributed by atoms with Crippen LogP contribution in [0.3, 0.4) is 0 Å². The average molecular weight is 329 g/mol. The maximum atomic E-state index is 12.2. The number of carboxylic acid groups (broad SMARTS) is 1. The van der Waals surface area contributed by atoms with Gasteiger partial charge in [-0.2, -0.15) is 0 Å². The van der Waals surface area contributed by atoms with Crippen molar-refractivity contribution >= 4 is 12.1 Å². The van der Waals surface area contributed by atoms with Crippen LogP contribution in [0.15, 0.2) is 0 Å². The minimum absolute atomic E-state index is 0.0580. The average Bonchev–Trinajstić information content (AvgIpc) is 2.59. The van der Waals surface area contributed by atoms with Gasteiger partial charge in [0.15, 0.2) is 0 Å². The summed E-state index contributed by atoms with van der Waals surface area (Å²) in [5.41, 5.74) is -1.01. The van der Waals surface area contributed by atoms with Crippen molar-refractivity contribution in [2.45, 2.75) is 63.8 Å². The summed E-state index contributed by atoms with van der Waals surface area (Å²) in [5, 5.41) is 8.93. The van der Waals surface area contributed by atoms with E-state index in [-0.39, 0.29) is 12.5 Å². The molecule has 7 nitrogen and oxygen atoms in total. The zero-order chi connectivity index (χ0) is 17.1. The lowest BCUT2D eigenvalue weighted by Gasteiger charge is -2.40. The lowest BCUT2D eigenvalue weighted by molar-refractivity contribution is -0.206. The third kappa shape index (κ3) is 5.35. The van der Waals surface area contributed by atoms with Gasteiger partial charge in [-0.25, -0.2) is 4.79 Å². The van der Waals surface area contributed by atoms with Crippen LogP contribution in [-0.2, 0) is 19.0 Å². The van der Waals surface area contributed by atoms with Crippen molar-refractivity contribution in [1.29, 1.82) is 0 Å². The molecular formula is C16H27NO6. The first-order valence-electron chi connectivity index (χ1n) is 8.14. The summed E-state index contributed by atoms with van der Waals surface area (Å²) < 4.78 is 17.1. The zero-order valence-electron chi connectivity index (χ0n) is 14.2. The maximum Gasteiger partial charge on any atom is 0.410 e. The Balaban J connectivity index is 1.94. The van der Waals surface area contributed by atoms with Crippen molar-refractivity contribution < 1.29 is 28.9 Å². The second-order valence-electron chi connectivity index (χ2n) is 7.36. The van der Waals surface area contributed by atoms with Crippen LogP contribution in [0.25, 0.3) is 0 Å². The lowest BCUT2D eigenvalue weighted by atomic mass is 9.94. The highest BCUT2D eigenvalue weighted by Crippen LogP contribution is 2.32. The molecule has 0 aromatic heterocycles. The highest BCUT2D eigenvalue weighted by atomic mass is 16.6. The van der Waals surface area contributed by atoms with Crippen LogP contribution in [-0.4, -0.2) is 65.7 Å². The van der Waals surface area contributed by atoms with E-state index in [1.54, 1.807) is 4.90 Å². The fraction of sp³-hybridized carbons (Fsp3) is 0.875. The fourth-order valence-corrected chi connectivity index (χ4v) is 3.03. The SMILES string of the molecule is CC(C)(C)OC(=O)N1CCCC2(CC1)COCC(CC(=O)O)O2. The topological polar surface area (TPSA) is 85.3 Å². The number of amides is 1. The minimum Gasteiger partial charge on any atom is -0.481 e. The van der Waals surface area contributed by atoms with E-state index in [0.717, 1.165) is 12.8 Å². The molecule has 2 rings (SSSR count). The Morgan fingerprint density at radius 1 is 1.30 bits per heavy atom. The van der Waals surface area contributed by atoms with Gasteiger partial charge in [-0.3, -0.25) is 4.79 Å². The number of carboxylic acids is 1. The monoisotopic (exact) mass is 329 g/mol. The predicted molar refractivity (Wildman–Crippen MR) is 82.3 cm³/mol. The minimum atomic E-state index is -0.889. The number of carbonyl (C=O) groups excluding carboxylic acids is 1. The molecule has 7 heteroatoms. The van der Waals surface area contributed by atoms with Crippen LogP contribution >= 0.6 is 0 Å². The van der Waals surface area contributed by atoms with E-state index < -0.39 is 23.3 Å². The Hall–Kier alpha value is -1.34. The molecule has 23 heavy (non-hydrogen) atoms. The Morgan fingerprint density at radius 2 is 2.04 bits per heavy atom. The predicted octanol–water partition coefficient (Wildman–Crippen LogP) is 2.04. The van der Waals surface area contributed by atoms with E-state index >= 15 is 0 Å². The first-order chi connectivity index (χ1) is 10.7. The molecule has 2 saturated heterocycles.